The Morgan fingerprint density at radius 1 is 1.08 bits per heavy atom. The van der Waals surface area contributed by atoms with E-state index in [1.54, 1.807) is 25.1 Å². The van der Waals surface area contributed by atoms with Crippen molar-refractivity contribution in [3.05, 3.63) is 40.0 Å². The number of aromatic nitrogens is 1. The molecule has 1 aromatic heterocycles. The predicted molar refractivity (Wildman–Crippen MR) is 92.5 cm³/mol. The summed E-state index contributed by atoms with van der Waals surface area (Å²) in [5.41, 5.74) is 2.17. The van der Waals surface area contributed by atoms with E-state index < -0.39 is 0 Å². The van der Waals surface area contributed by atoms with E-state index in [1.807, 2.05) is 0 Å². The fourth-order valence-corrected chi connectivity index (χ4v) is 3.83. The summed E-state index contributed by atoms with van der Waals surface area (Å²) < 4.78 is 0. The van der Waals surface area contributed by atoms with E-state index in [1.165, 1.54) is 17.7 Å². The summed E-state index contributed by atoms with van der Waals surface area (Å²) >= 11 is 6.08. The average Bonchev–Trinajstić information content (AvgIpc) is 3.14. The van der Waals surface area contributed by atoms with Gasteiger partial charge in [0, 0.05) is 23.5 Å². The number of carbonyl (C=O) groups is 2. The first-order valence-electron chi connectivity index (χ1n) is 8.24. The molecule has 6 heteroatoms. The lowest BCUT2D eigenvalue weighted by Crippen LogP contribution is -2.37. The van der Waals surface area contributed by atoms with Crippen LogP contribution in [0.15, 0.2) is 18.2 Å². The Balaban J connectivity index is 1.73. The molecule has 0 spiro atoms. The summed E-state index contributed by atoms with van der Waals surface area (Å²) in [5.74, 6) is -0.465. The second-order valence-electron chi connectivity index (χ2n) is 6.42. The minimum absolute atomic E-state index is 0.230. The molecule has 24 heavy (non-hydrogen) atoms. The van der Waals surface area contributed by atoms with Gasteiger partial charge in [-0.2, -0.15) is 0 Å². The van der Waals surface area contributed by atoms with Crippen molar-refractivity contribution in [2.45, 2.75) is 19.8 Å². The smallest absolute Gasteiger partial charge is 0.263 e. The quantitative estimate of drug-likeness (QED) is 0.804. The van der Waals surface area contributed by atoms with Crippen LogP contribution >= 0.6 is 11.6 Å². The number of hydrogen-bond donors (Lipinski definition) is 0. The van der Waals surface area contributed by atoms with Gasteiger partial charge in [-0.15, -0.1) is 0 Å². The lowest BCUT2D eigenvalue weighted by molar-refractivity contribution is 0.0641. The number of amides is 2. The summed E-state index contributed by atoms with van der Waals surface area (Å²) in [6.07, 6.45) is 2.38. The van der Waals surface area contributed by atoms with Gasteiger partial charge in [0.15, 0.2) is 0 Å². The lowest BCUT2D eigenvalue weighted by atomic mass is 10.0. The van der Waals surface area contributed by atoms with Gasteiger partial charge < -0.3 is 4.90 Å². The van der Waals surface area contributed by atoms with E-state index in [4.69, 9.17) is 11.6 Å². The zero-order valence-corrected chi connectivity index (χ0v) is 14.3. The van der Waals surface area contributed by atoms with Crippen molar-refractivity contribution in [1.82, 2.24) is 14.8 Å². The minimum Gasteiger partial charge on any atom is -0.302 e. The van der Waals surface area contributed by atoms with Crippen molar-refractivity contribution >= 4 is 34.3 Å². The lowest BCUT2D eigenvalue weighted by Gasteiger charge is -2.19. The summed E-state index contributed by atoms with van der Waals surface area (Å²) in [7, 11) is 0. The second kappa shape index (κ2) is 5.83. The van der Waals surface area contributed by atoms with E-state index in [9.17, 15) is 9.59 Å². The maximum atomic E-state index is 12.9. The van der Waals surface area contributed by atoms with Gasteiger partial charge in [-0.05, 0) is 51.1 Å². The van der Waals surface area contributed by atoms with Crippen molar-refractivity contribution in [2.75, 3.05) is 26.2 Å². The molecule has 2 aromatic rings. The zero-order chi connectivity index (χ0) is 16.8. The molecule has 4 rings (SSSR count). The number of likely N-dealkylation sites (tertiary alicyclic amines) is 1. The fraction of sp³-hybridized carbons (Fsp3) is 0.389. The highest BCUT2D eigenvalue weighted by molar-refractivity contribution is 6.32. The number of pyridine rings is 1. The summed E-state index contributed by atoms with van der Waals surface area (Å²) in [6.45, 7) is 5.02. The van der Waals surface area contributed by atoms with E-state index in [0.717, 1.165) is 19.6 Å². The first kappa shape index (κ1) is 15.5. The number of hydrogen-bond acceptors (Lipinski definition) is 4. The summed E-state index contributed by atoms with van der Waals surface area (Å²) in [6, 6.07) is 5.25. The van der Waals surface area contributed by atoms with Gasteiger partial charge in [0.1, 0.15) is 0 Å². The van der Waals surface area contributed by atoms with Crippen molar-refractivity contribution in [1.29, 1.82) is 0 Å². The van der Waals surface area contributed by atoms with Crippen molar-refractivity contribution < 1.29 is 9.59 Å². The highest BCUT2D eigenvalue weighted by Gasteiger charge is 2.39. The van der Waals surface area contributed by atoms with E-state index in [0.29, 0.717) is 39.3 Å². The van der Waals surface area contributed by atoms with Gasteiger partial charge in [-0.3, -0.25) is 19.5 Å². The Kier molecular flexibility index (Phi) is 3.77. The number of fused-ring (bicyclic) bond motifs is 3. The molecule has 1 fully saturated rings. The van der Waals surface area contributed by atoms with E-state index in [-0.39, 0.29) is 11.8 Å². The first-order valence-corrected chi connectivity index (χ1v) is 8.62. The molecule has 0 unspecified atom stereocenters. The number of aryl methyl sites for hydroxylation is 1. The number of benzene rings is 1. The van der Waals surface area contributed by atoms with Crippen LogP contribution in [0.4, 0.5) is 0 Å². The fourth-order valence-electron chi connectivity index (χ4n) is 3.65. The molecule has 0 saturated carbocycles. The van der Waals surface area contributed by atoms with Gasteiger partial charge in [0.2, 0.25) is 0 Å². The molecular formula is C18H18ClN3O2. The highest BCUT2D eigenvalue weighted by Crippen LogP contribution is 2.32. The third kappa shape index (κ3) is 2.39. The Morgan fingerprint density at radius 2 is 1.79 bits per heavy atom. The molecular weight excluding hydrogens is 326 g/mol. The second-order valence-corrected chi connectivity index (χ2v) is 6.86. The topological polar surface area (TPSA) is 53.5 Å². The monoisotopic (exact) mass is 343 g/mol. The first-order chi connectivity index (χ1) is 11.6. The van der Waals surface area contributed by atoms with Crippen LogP contribution in [0, 0.1) is 6.92 Å². The number of nitrogens with zero attached hydrogens (tertiary/aromatic N) is 3. The molecule has 0 bridgehead atoms. The van der Waals surface area contributed by atoms with Gasteiger partial charge in [-0.25, -0.2) is 0 Å². The normalized spacial score (nSPS) is 18.0. The van der Waals surface area contributed by atoms with E-state index in [2.05, 4.69) is 9.88 Å². The Morgan fingerprint density at radius 3 is 2.54 bits per heavy atom. The molecule has 5 nitrogen and oxygen atoms in total. The minimum atomic E-state index is -0.235. The van der Waals surface area contributed by atoms with Crippen LogP contribution < -0.4 is 0 Å². The molecule has 1 saturated heterocycles. The van der Waals surface area contributed by atoms with Crippen molar-refractivity contribution in [3.8, 4) is 0 Å². The molecule has 0 aliphatic carbocycles. The van der Waals surface area contributed by atoms with Crippen LogP contribution in [0.1, 0.15) is 39.3 Å². The Hall–Kier alpha value is -1.98. The van der Waals surface area contributed by atoms with Crippen molar-refractivity contribution in [2.24, 2.45) is 0 Å². The summed E-state index contributed by atoms with van der Waals surface area (Å²) in [5, 5.41) is 1.19. The largest absolute Gasteiger partial charge is 0.302 e. The molecule has 0 atom stereocenters. The van der Waals surface area contributed by atoms with Gasteiger partial charge in [-0.1, -0.05) is 11.6 Å². The molecule has 3 heterocycles. The predicted octanol–water partition coefficient (Wildman–Crippen LogP) is 2.89. The van der Waals surface area contributed by atoms with Crippen LogP contribution in [0.3, 0.4) is 0 Å². The third-order valence-electron chi connectivity index (χ3n) is 4.88. The number of imide groups is 1. The number of halogens is 1. The van der Waals surface area contributed by atoms with Crippen molar-refractivity contribution in [3.63, 3.8) is 0 Å². The number of rotatable bonds is 3. The molecule has 2 aliphatic rings. The van der Waals surface area contributed by atoms with Gasteiger partial charge >= 0.3 is 0 Å². The van der Waals surface area contributed by atoms with E-state index >= 15 is 0 Å². The van der Waals surface area contributed by atoms with Gasteiger partial charge in [0.05, 0.1) is 22.3 Å². The van der Waals surface area contributed by atoms with Crippen LogP contribution in [0.2, 0.25) is 5.02 Å². The highest BCUT2D eigenvalue weighted by atomic mass is 35.5. The molecule has 2 amide bonds. The molecule has 2 aliphatic heterocycles. The van der Waals surface area contributed by atoms with Gasteiger partial charge in [0.25, 0.3) is 11.8 Å². The van der Waals surface area contributed by atoms with Crippen LogP contribution in [-0.2, 0) is 0 Å². The number of carbonyl (C=O) groups excluding carboxylic acids is 2. The van der Waals surface area contributed by atoms with Crippen LogP contribution in [0.5, 0.6) is 0 Å². The maximum absolute atomic E-state index is 12.9. The zero-order valence-electron chi connectivity index (χ0n) is 13.5. The molecule has 0 N–H and O–H groups in total. The average molecular weight is 344 g/mol. The van der Waals surface area contributed by atoms with Crippen LogP contribution in [-0.4, -0.2) is 52.8 Å². The van der Waals surface area contributed by atoms with Crippen LogP contribution in [0.25, 0.3) is 10.9 Å². The summed E-state index contributed by atoms with van der Waals surface area (Å²) in [4.78, 5) is 33.8. The third-order valence-corrected chi connectivity index (χ3v) is 5.12. The molecule has 0 radical (unpaired) electrons. The maximum Gasteiger partial charge on any atom is 0.263 e. The standard InChI is InChI=1S/C18H18ClN3O2/c1-11-15-16(13-10-12(19)4-5-14(13)20-11)18(24)22(17(15)23)9-8-21-6-2-3-7-21/h4-5,10H,2-3,6-9H2,1H3. The molecule has 1 aromatic carbocycles. The SMILES string of the molecule is Cc1nc2ccc(Cl)cc2c2c1C(=O)N(CCN1CCCC1)C2=O. The Bertz CT molecular complexity index is 859. The molecule has 124 valence electrons. The Labute approximate surface area is 145 Å².